The second-order valence-electron chi connectivity index (χ2n) is 4.98. The summed E-state index contributed by atoms with van der Waals surface area (Å²) in [7, 11) is 0. The Balaban J connectivity index is 3.05. The maximum atomic E-state index is 12.3. The molecule has 1 aromatic rings. The third-order valence-electron chi connectivity index (χ3n) is 3.84. The van der Waals surface area contributed by atoms with Gasteiger partial charge in [0.15, 0.2) is 0 Å². The molecule has 0 N–H and O–H groups in total. The van der Waals surface area contributed by atoms with Crippen molar-refractivity contribution in [3.05, 3.63) is 39.4 Å². The van der Waals surface area contributed by atoms with Crippen molar-refractivity contribution >= 4 is 35.2 Å². The maximum Gasteiger partial charge on any atom is 0.349 e. The molecule has 118 valence electrons. The lowest BCUT2D eigenvalue weighted by atomic mass is 9.94. The van der Waals surface area contributed by atoms with Crippen LogP contribution >= 0.6 is 23.2 Å². The molecule has 0 amide bonds. The Hall–Kier alpha value is -1.50. The largest absolute Gasteiger partial charge is 0.455 e. The molecule has 5 heteroatoms. The second-order valence-corrected chi connectivity index (χ2v) is 5.79. The van der Waals surface area contributed by atoms with Crippen LogP contribution in [-0.2, 0) is 9.53 Å². The minimum absolute atomic E-state index is 0.0573. The van der Waals surface area contributed by atoms with Gasteiger partial charge in [-0.15, -0.1) is 0 Å². The van der Waals surface area contributed by atoms with Crippen molar-refractivity contribution in [3.8, 4) is 6.07 Å². The van der Waals surface area contributed by atoms with Gasteiger partial charge in [-0.2, -0.15) is 5.26 Å². The summed E-state index contributed by atoms with van der Waals surface area (Å²) in [5.41, 5.74) is 0.0427. The van der Waals surface area contributed by atoms with Crippen molar-refractivity contribution < 1.29 is 9.53 Å². The zero-order valence-corrected chi connectivity index (χ0v) is 14.5. The number of halogens is 2. The van der Waals surface area contributed by atoms with Gasteiger partial charge in [-0.1, -0.05) is 50.0 Å². The van der Waals surface area contributed by atoms with Crippen molar-refractivity contribution in [2.24, 2.45) is 0 Å². The summed E-state index contributed by atoms with van der Waals surface area (Å²) in [6.45, 7) is 5.90. The lowest BCUT2D eigenvalue weighted by molar-refractivity contribution is -0.155. The number of rotatable bonds is 6. The Labute approximate surface area is 141 Å². The quantitative estimate of drug-likeness (QED) is 0.395. The molecule has 0 atom stereocenters. The predicted octanol–water partition coefficient (Wildman–Crippen LogP) is 5.41. The van der Waals surface area contributed by atoms with E-state index in [9.17, 15) is 10.1 Å². The number of carbonyl (C=O) groups excluding carboxylic acids is 1. The molecular weight excluding hydrogens is 321 g/mol. The lowest BCUT2D eigenvalue weighted by Gasteiger charge is -2.30. The summed E-state index contributed by atoms with van der Waals surface area (Å²) < 4.78 is 5.58. The minimum Gasteiger partial charge on any atom is -0.455 e. The normalized spacial score (nSPS) is 11.9. The van der Waals surface area contributed by atoms with Gasteiger partial charge in [-0.25, -0.2) is 4.79 Å². The molecule has 0 radical (unpaired) electrons. The number of esters is 1. The van der Waals surface area contributed by atoms with Crippen molar-refractivity contribution in [3.63, 3.8) is 0 Å². The van der Waals surface area contributed by atoms with Crippen LogP contribution in [0.5, 0.6) is 0 Å². The Bertz CT molecular complexity index is 605. The van der Waals surface area contributed by atoms with Gasteiger partial charge in [0.1, 0.15) is 17.2 Å². The van der Waals surface area contributed by atoms with Crippen LogP contribution in [0.1, 0.15) is 45.6 Å². The summed E-state index contributed by atoms with van der Waals surface area (Å²) in [4.78, 5) is 12.3. The van der Waals surface area contributed by atoms with Crippen LogP contribution in [0.25, 0.3) is 6.08 Å². The molecule has 0 aliphatic rings. The Morgan fingerprint density at radius 1 is 1.23 bits per heavy atom. The number of nitriles is 1. The molecule has 0 aliphatic carbocycles. The molecule has 0 saturated heterocycles. The van der Waals surface area contributed by atoms with Crippen LogP contribution in [0.3, 0.4) is 0 Å². The number of nitrogens with zero attached hydrogens (tertiary/aromatic N) is 1. The van der Waals surface area contributed by atoms with Gasteiger partial charge < -0.3 is 4.74 Å². The molecule has 0 unspecified atom stereocenters. The summed E-state index contributed by atoms with van der Waals surface area (Å²) >= 11 is 11.8. The monoisotopic (exact) mass is 339 g/mol. The Morgan fingerprint density at radius 2 is 1.82 bits per heavy atom. The predicted molar refractivity (Wildman–Crippen MR) is 89.7 cm³/mol. The number of ether oxygens (including phenoxy) is 1. The van der Waals surface area contributed by atoms with Gasteiger partial charge in [-0.05, 0) is 43.0 Å². The van der Waals surface area contributed by atoms with Gasteiger partial charge in [0, 0.05) is 0 Å². The van der Waals surface area contributed by atoms with E-state index in [0.717, 1.165) is 0 Å². The number of hydrogen-bond donors (Lipinski definition) is 0. The van der Waals surface area contributed by atoms with Crippen molar-refractivity contribution in [1.82, 2.24) is 0 Å². The highest BCUT2D eigenvalue weighted by molar-refractivity contribution is 6.42. The minimum atomic E-state index is -0.612. The SMILES string of the molecule is CCC(CC)(CC)OC(=O)/C(C#N)=C/c1ccc(Cl)c(Cl)c1. The molecule has 22 heavy (non-hydrogen) atoms. The molecular formula is C17H19Cl2NO2. The van der Waals surface area contributed by atoms with Crippen LogP contribution in [0.15, 0.2) is 23.8 Å². The van der Waals surface area contributed by atoms with Gasteiger partial charge in [0.05, 0.1) is 10.0 Å². The summed E-state index contributed by atoms with van der Waals surface area (Å²) in [5, 5.41) is 10.0. The molecule has 0 heterocycles. The molecule has 1 aromatic carbocycles. The lowest BCUT2D eigenvalue weighted by Crippen LogP contribution is -2.33. The first-order chi connectivity index (χ1) is 10.4. The van der Waals surface area contributed by atoms with E-state index in [4.69, 9.17) is 27.9 Å². The number of benzene rings is 1. The molecule has 0 saturated carbocycles. The molecule has 0 aliphatic heterocycles. The smallest absolute Gasteiger partial charge is 0.349 e. The molecule has 0 aromatic heterocycles. The highest BCUT2D eigenvalue weighted by atomic mass is 35.5. The molecule has 0 bridgehead atoms. The van der Waals surface area contributed by atoms with E-state index in [1.807, 2.05) is 26.8 Å². The van der Waals surface area contributed by atoms with Crippen molar-refractivity contribution in [2.75, 3.05) is 0 Å². The van der Waals surface area contributed by atoms with Gasteiger partial charge in [-0.3, -0.25) is 0 Å². The van der Waals surface area contributed by atoms with E-state index in [0.29, 0.717) is 34.9 Å². The zero-order chi connectivity index (χ0) is 16.8. The fraction of sp³-hybridized carbons (Fsp3) is 0.412. The van der Waals surface area contributed by atoms with E-state index in [1.54, 1.807) is 18.2 Å². The summed E-state index contributed by atoms with van der Waals surface area (Å²) in [6, 6.07) is 6.79. The zero-order valence-electron chi connectivity index (χ0n) is 13.0. The third kappa shape index (κ3) is 4.50. The number of hydrogen-bond acceptors (Lipinski definition) is 3. The van der Waals surface area contributed by atoms with Crippen molar-refractivity contribution in [2.45, 2.75) is 45.6 Å². The average molecular weight is 340 g/mol. The first kappa shape index (κ1) is 18.5. The average Bonchev–Trinajstić information content (AvgIpc) is 2.53. The number of carbonyl (C=O) groups is 1. The van der Waals surface area contributed by atoms with E-state index >= 15 is 0 Å². The maximum absolute atomic E-state index is 12.3. The van der Waals surface area contributed by atoms with Gasteiger partial charge >= 0.3 is 5.97 Å². The van der Waals surface area contributed by atoms with Crippen LogP contribution in [-0.4, -0.2) is 11.6 Å². The highest BCUT2D eigenvalue weighted by Crippen LogP contribution is 2.27. The molecule has 0 fully saturated rings. The first-order valence-electron chi connectivity index (χ1n) is 7.21. The third-order valence-corrected chi connectivity index (χ3v) is 4.58. The molecule has 1 rings (SSSR count). The fourth-order valence-electron chi connectivity index (χ4n) is 2.12. The first-order valence-corrected chi connectivity index (χ1v) is 7.97. The van der Waals surface area contributed by atoms with Gasteiger partial charge in [0.25, 0.3) is 0 Å². The Morgan fingerprint density at radius 3 is 2.27 bits per heavy atom. The van der Waals surface area contributed by atoms with E-state index in [2.05, 4.69) is 0 Å². The summed E-state index contributed by atoms with van der Waals surface area (Å²) in [6.07, 6.45) is 3.57. The van der Waals surface area contributed by atoms with Crippen LogP contribution in [0.4, 0.5) is 0 Å². The van der Waals surface area contributed by atoms with Crippen molar-refractivity contribution in [1.29, 1.82) is 5.26 Å². The van der Waals surface area contributed by atoms with E-state index < -0.39 is 11.6 Å². The summed E-state index contributed by atoms with van der Waals surface area (Å²) in [5.74, 6) is -0.612. The second kappa shape index (κ2) is 8.22. The standard InChI is InChI=1S/C17H19Cl2NO2/c1-4-17(5-2,6-3)22-16(21)13(11-20)9-12-7-8-14(18)15(19)10-12/h7-10H,4-6H2,1-3H3/b13-9+. The topological polar surface area (TPSA) is 50.1 Å². The van der Waals surface area contributed by atoms with E-state index in [-0.39, 0.29) is 5.57 Å². The van der Waals surface area contributed by atoms with Gasteiger partial charge in [0.2, 0.25) is 0 Å². The van der Waals surface area contributed by atoms with Crippen LogP contribution in [0, 0.1) is 11.3 Å². The Kier molecular flexibility index (Phi) is 6.93. The van der Waals surface area contributed by atoms with Crippen LogP contribution < -0.4 is 0 Å². The van der Waals surface area contributed by atoms with E-state index in [1.165, 1.54) is 6.08 Å². The molecule has 3 nitrogen and oxygen atoms in total. The highest BCUT2D eigenvalue weighted by Gasteiger charge is 2.29. The molecule has 0 spiro atoms. The van der Waals surface area contributed by atoms with Crippen LogP contribution in [0.2, 0.25) is 10.0 Å². The fourth-order valence-corrected chi connectivity index (χ4v) is 2.43.